The van der Waals surface area contributed by atoms with Crippen molar-refractivity contribution in [1.29, 1.82) is 0 Å². The highest BCUT2D eigenvalue weighted by Crippen LogP contribution is 1.81. The molecule has 0 aliphatic carbocycles. The molecule has 0 saturated heterocycles. The summed E-state index contributed by atoms with van der Waals surface area (Å²) in [5.74, 6) is 0. The van der Waals surface area contributed by atoms with Crippen LogP contribution in [-0.4, -0.2) is 0 Å². The van der Waals surface area contributed by atoms with Crippen LogP contribution in [0.3, 0.4) is 0 Å². The summed E-state index contributed by atoms with van der Waals surface area (Å²) in [6.07, 6.45) is 4.88. The molecule has 2 N–H and O–H groups in total. The van der Waals surface area contributed by atoms with Crippen LogP contribution in [0, 0.1) is 0 Å². The Bertz CT molecular complexity index is 101. The van der Waals surface area contributed by atoms with Crippen LogP contribution < -0.4 is 5.73 Å². The first-order valence-electron chi connectivity index (χ1n) is 3.02. The van der Waals surface area contributed by atoms with Crippen LogP contribution in [0.2, 0.25) is 0 Å². The normalized spacial score (nSPS) is 8.89. The average molecular weight is 125 g/mol. The number of hydrogen-bond acceptors (Lipinski definition) is 1. The van der Waals surface area contributed by atoms with Gasteiger partial charge in [0.1, 0.15) is 0 Å². The van der Waals surface area contributed by atoms with Crippen LogP contribution in [0.5, 0.6) is 0 Å². The van der Waals surface area contributed by atoms with Gasteiger partial charge in [-0.05, 0) is 12.2 Å². The minimum absolute atomic E-state index is 0.648. The first kappa shape index (κ1) is 10.9. The van der Waals surface area contributed by atoms with Gasteiger partial charge in [-0.25, -0.2) is 0 Å². The molecule has 0 fully saturated rings. The Labute approximate surface area is 57.6 Å². The number of nitrogens with two attached hydrogens (primary N) is 1. The van der Waals surface area contributed by atoms with E-state index >= 15 is 0 Å². The highest BCUT2D eigenvalue weighted by Gasteiger charge is 1.69. The molecule has 0 radical (unpaired) electrons. The van der Waals surface area contributed by atoms with Gasteiger partial charge in [0.05, 0.1) is 0 Å². The molecule has 9 heavy (non-hydrogen) atoms. The molecule has 0 aromatic heterocycles. The van der Waals surface area contributed by atoms with Gasteiger partial charge in [-0.1, -0.05) is 33.1 Å². The zero-order chi connectivity index (χ0) is 7.70. The van der Waals surface area contributed by atoms with E-state index in [-0.39, 0.29) is 0 Å². The van der Waals surface area contributed by atoms with Crippen molar-refractivity contribution in [1.82, 2.24) is 0 Å². The summed E-state index contributed by atoms with van der Waals surface area (Å²) in [4.78, 5) is 0. The van der Waals surface area contributed by atoms with Crippen LogP contribution in [0.15, 0.2) is 37.1 Å². The third kappa shape index (κ3) is 10.9. The first-order chi connectivity index (χ1) is 4.31. The summed E-state index contributed by atoms with van der Waals surface area (Å²) in [6, 6.07) is 0. The molecule has 0 rings (SSSR count). The fraction of sp³-hybridized carbons (Fsp3) is 0.250. The van der Waals surface area contributed by atoms with Gasteiger partial charge in [0.2, 0.25) is 0 Å². The molecule has 0 spiro atoms. The molecular weight excluding hydrogens is 110 g/mol. The largest absolute Gasteiger partial charge is 0.399 e. The van der Waals surface area contributed by atoms with Crippen LogP contribution in [0.25, 0.3) is 0 Å². The van der Waals surface area contributed by atoms with Crippen molar-refractivity contribution in [2.24, 2.45) is 5.73 Å². The maximum atomic E-state index is 5.26. The van der Waals surface area contributed by atoms with Crippen molar-refractivity contribution in [3.8, 4) is 0 Å². The Kier molecular flexibility index (Phi) is 12.2. The quantitative estimate of drug-likeness (QED) is 0.563. The number of rotatable bonds is 2. The third-order valence-electron chi connectivity index (χ3n) is 0.546. The van der Waals surface area contributed by atoms with Crippen LogP contribution in [0.1, 0.15) is 13.8 Å². The monoisotopic (exact) mass is 125 g/mol. The van der Waals surface area contributed by atoms with Gasteiger partial charge in [-0.15, -0.1) is 0 Å². The van der Waals surface area contributed by atoms with E-state index in [2.05, 4.69) is 13.2 Å². The molecule has 0 amide bonds. The summed E-state index contributed by atoms with van der Waals surface area (Å²) in [6.45, 7) is 10.9. The minimum Gasteiger partial charge on any atom is -0.399 e. The smallest absolute Gasteiger partial charge is 0.0307 e. The average Bonchev–Trinajstić information content (AvgIpc) is 1.93. The van der Waals surface area contributed by atoms with Gasteiger partial charge in [0.25, 0.3) is 0 Å². The fourth-order valence-electron chi connectivity index (χ4n) is 0.204. The molecule has 1 heteroatoms. The second-order valence-corrected chi connectivity index (χ2v) is 1.11. The van der Waals surface area contributed by atoms with E-state index in [0.29, 0.717) is 5.70 Å². The Balaban J connectivity index is 0. The minimum atomic E-state index is 0.648. The lowest BCUT2D eigenvalue weighted by Crippen LogP contribution is -1.89. The van der Waals surface area contributed by atoms with Gasteiger partial charge in [0.15, 0.2) is 0 Å². The van der Waals surface area contributed by atoms with E-state index in [1.807, 2.05) is 13.8 Å². The van der Waals surface area contributed by atoms with E-state index in [1.165, 1.54) is 0 Å². The number of allylic oxidation sites excluding steroid dienone is 3. The van der Waals surface area contributed by atoms with Gasteiger partial charge in [0, 0.05) is 5.70 Å². The van der Waals surface area contributed by atoms with Crippen molar-refractivity contribution in [3.05, 3.63) is 37.1 Å². The molecule has 0 aliphatic rings. The summed E-state index contributed by atoms with van der Waals surface area (Å²) < 4.78 is 0. The Morgan fingerprint density at radius 3 is 1.89 bits per heavy atom. The lowest BCUT2D eigenvalue weighted by molar-refractivity contribution is 1.44. The predicted molar refractivity (Wildman–Crippen MR) is 44.0 cm³/mol. The van der Waals surface area contributed by atoms with Crippen molar-refractivity contribution in [3.63, 3.8) is 0 Å². The second-order valence-electron chi connectivity index (χ2n) is 1.11. The van der Waals surface area contributed by atoms with Gasteiger partial charge < -0.3 is 5.73 Å². The summed E-state index contributed by atoms with van der Waals surface area (Å²) >= 11 is 0. The topological polar surface area (TPSA) is 26.0 Å². The maximum absolute atomic E-state index is 5.26. The fourth-order valence-corrected chi connectivity index (χ4v) is 0.204. The molecule has 0 aromatic carbocycles. The molecule has 0 unspecified atom stereocenters. The third-order valence-corrected chi connectivity index (χ3v) is 0.546. The summed E-state index contributed by atoms with van der Waals surface area (Å²) in [7, 11) is 0. The zero-order valence-corrected chi connectivity index (χ0v) is 6.22. The van der Waals surface area contributed by atoms with E-state index < -0.39 is 0 Å². The van der Waals surface area contributed by atoms with Crippen molar-refractivity contribution in [2.45, 2.75) is 13.8 Å². The van der Waals surface area contributed by atoms with Crippen molar-refractivity contribution >= 4 is 0 Å². The van der Waals surface area contributed by atoms with Crippen LogP contribution in [-0.2, 0) is 0 Å². The second kappa shape index (κ2) is 10.1. The van der Waals surface area contributed by atoms with Crippen LogP contribution >= 0.6 is 0 Å². The van der Waals surface area contributed by atoms with Gasteiger partial charge >= 0.3 is 0 Å². The molecule has 0 aromatic rings. The predicted octanol–water partition coefficient (Wildman–Crippen LogP) is 2.23. The molecule has 0 bridgehead atoms. The van der Waals surface area contributed by atoms with Crippen molar-refractivity contribution in [2.75, 3.05) is 0 Å². The van der Waals surface area contributed by atoms with E-state index in [4.69, 9.17) is 5.73 Å². The zero-order valence-electron chi connectivity index (χ0n) is 6.22. The summed E-state index contributed by atoms with van der Waals surface area (Å²) in [5.41, 5.74) is 5.90. The van der Waals surface area contributed by atoms with Gasteiger partial charge in [-0.3, -0.25) is 0 Å². The highest BCUT2D eigenvalue weighted by atomic mass is 14.5. The standard InChI is InChI=1S/C6H9N.C2H6/c1-3-5-6(7)4-2;1-2/h3-5H,1-2,7H2;1-2H3/b6-5+;. The molecular formula is C8H15N. The maximum Gasteiger partial charge on any atom is 0.0307 e. The SMILES string of the molecule is C=C/C=C(/N)C=C.CC. The Hall–Kier alpha value is -0.980. The Morgan fingerprint density at radius 1 is 1.33 bits per heavy atom. The molecule has 0 heterocycles. The van der Waals surface area contributed by atoms with E-state index in [9.17, 15) is 0 Å². The lowest BCUT2D eigenvalue weighted by Gasteiger charge is -1.81. The van der Waals surface area contributed by atoms with E-state index in [1.54, 1.807) is 18.2 Å². The van der Waals surface area contributed by atoms with Gasteiger partial charge in [-0.2, -0.15) is 0 Å². The van der Waals surface area contributed by atoms with Crippen LogP contribution in [0.4, 0.5) is 0 Å². The van der Waals surface area contributed by atoms with E-state index in [0.717, 1.165) is 0 Å². The van der Waals surface area contributed by atoms with Crippen molar-refractivity contribution < 1.29 is 0 Å². The molecule has 1 nitrogen and oxygen atoms in total. The summed E-state index contributed by atoms with van der Waals surface area (Å²) in [5, 5.41) is 0. The highest BCUT2D eigenvalue weighted by molar-refractivity contribution is 5.16. The first-order valence-corrected chi connectivity index (χ1v) is 3.02. The molecule has 52 valence electrons. The Morgan fingerprint density at radius 2 is 1.78 bits per heavy atom. The lowest BCUT2D eigenvalue weighted by atomic mass is 10.4. The molecule has 0 aliphatic heterocycles. The number of hydrogen-bond donors (Lipinski definition) is 1. The molecule has 0 atom stereocenters. The molecule has 0 saturated carbocycles.